The average Bonchev–Trinajstić information content (AvgIpc) is 2.26. The lowest BCUT2D eigenvalue weighted by molar-refractivity contribution is -0.384. The van der Waals surface area contributed by atoms with Crippen LogP contribution in [0.1, 0.15) is 0 Å². The highest BCUT2D eigenvalue weighted by atomic mass is 35.5. The molecule has 1 aromatic carbocycles. The van der Waals surface area contributed by atoms with E-state index in [9.17, 15) is 18.9 Å². The molecule has 2 N–H and O–H groups in total. The summed E-state index contributed by atoms with van der Waals surface area (Å²) in [4.78, 5) is 9.79. The Bertz CT molecular complexity index is 417. The normalized spacial score (nSPS) is 12.5. The molecule has 1 rings (SSSR count). The van der Waals surface area contributed by atoms with Gasteiger partial charge < -0.3 is 10.4 Å². The van der Waals surface area contributed by atoms with Gasteiger partial charge in [0.2, 0.25) is 0 Å². The Balaban J connectivity index is 2.70. The minimum Gasteiger partial charge on any atom is -0.385 e. The summed E-state index contributed by atoms with van der Waals surface area (Å²) in [6, 6.07) is 3.57. The first-order valence-corrected chi connectivity index (χ1v) is 4.93. The summed E-state index contributed by atoms with van der Waals surface area (Å²) < 4.78 is 24.0. The molecule has 0 saturated carbocycles. The summed E-state index contributed by atoms with van der Waals surface area (Å²) in [7, 11) is 0. The standard InChI is InChI=1S/C9H9ClF2N2O3/c10-6-3-5(14(16)17)1-2-7(6)13-4-8(15)9(11)12/h1-3,8-9,13,15H,4H2. The van der Waals surface area contributed by atoms with E-state index < -0.39 is 24.0 Å². The third kappa shape index (κ3) is 3.79. The van der Waals surface area contributed by atoms with Crippen LogP contribution in [0.15, 0.2) is 18.2 Å². The van der Waals surface area contributed by atoms with Crippen molar-refractivity contribution in [2.45, 2.75) is 12.5 Å². The number of non-ortho nitro benzene ring substituents is 1. The molecule has 0 bridgehead atoms. The maximum absolute atomic E-state index is 12.0. The Labute approximate surface area is 100 Å². The Hall–Kier alpha value is -1.47. The molecule has 1 unspecified atom stereocenters. The van der Waals surface area contributed by atoms with Gasteiger partial charge in [-0.05, 0) is 6.07 Å². The fourth-order valence-electron chi connectivity index (χ4n) is 1.06. The van der Waals surface area contributed by atoms with Crippen LogP contribution in [0.25, 0.3) is 0 Å². The third-order valence-electron chi connectivity index (χ3n) is 1.96. The van der Waals surface area contributed by atoms with Crippen LogP contribution in [-0.2, 0) is 0 Å². The lowest BCUT2D eigenvalue weighted by Gasteiger charge is -2.12. The van der Waals surface area contributed by atoms with Gasteiger partial charge in [0, 0.05) is 18.7 Å². The van der Waals surface area contributed by atoms with Crippen molar-refractivity contribution in [2.24, 2.45) is 0 Å². The summed E-state index contributed by atoms with van der Waals surface area (Å²) in [6.45, 7) is -0.394. The first kappa shape index (κ1) is 13.6. The molecule has 8 heteroatoms. The van der Waals surface area contributed by atoms with Gasteiger partial charge in [-0.2, -0.15) is 0 Å². The number of nitro groups is 1. The number of nitrogens with one attached hydrogen (secondary N) is 1. The van der Waals surface area contributed by atoms with E-state index in [1.54, 1.807) is 0 Å². The number of aliphatic hydroxyl groups excluding tert-OH is 1. The predicted molar refractivity (Wildman–Crippen MR) is 58.6 cm³/mol. The van der Waals surface area contributed by atoms with Gasteiger partial charge in [-0.3, -0.25) is 10.1 Å². The molecule has 0 spiro atoms. The Morgan fingerprint density at radius 3 is 2.65 bits per heavy atom. The van der Waals surface area contributed by atoms with Crippen molar-refractivity contribution in [1.29, 1.82) is 0 Å². The lowest BCUT2D eigenvalue weighted by atomic mass is 10.2. The molecular weight excluding hydrogens is 258 g/mol. The fourth-order valence-corrected chi connectivity index (χ4v) is 1.31. The van der Waals surface area contributed by atoms with E-state index >= 15 is 0 Å². The maximum atomic E-state index is 12.0. The molecule has 0 heterocycles. The zero-order valence-electron chi connectivity index (χ0n) is 8.44. The molecule has 0 aliphatic carbocycles. The SMILES string of the molecule is O=[N+]([O-])c1ccc(NCC(O)C(F)F)c(Cl)c1. The molecule has 5 nitrogen and oxygen atoms in total. The van der Waals surface area contributed by atoms with Crippen molar-refractivity contribution >= 4 is 23.0 Å². The van der Waals surface area contributed by atoms with E-state index in [1.807, 2.05) is 0 Å². The van der Waals surface area contributed by atoms with Crippen LogP contribution < -0.4 is 5.32 Å². The van der Waals surface area contributed by atoms with Gasteiger partial charge in [-0.25, -0.2) is 8.78 Å². The summed E-state index contributed by atoms with van der Waals surface area (Å²) >= 11 is 5.70. The van der Waals surface area contributed by atoms with E-state index in [0.29, 0.717) is 0 Å². The first-order chi connectivity index (χ1) is 7.91. The van der Waals surface area contributed by atoms with Gasteiger partial charge in [0.05, 0.1) is 15.6 Å². The Morgan fingerprint density at radius 1 is 1.53 bits per heavy atom. The zero-order valence-corrected chi connectivity index (χ0v) is 9.19. The number of hydrogen-bond acceptors (Lipinski definition) is 4. The monoisotopic (exact) mass is 266 g/mol. The van der Waals surface area contributed by atoms with Gasteiger partial charge in [0.25, 0.3) is 12.1 Å². The second-order valence-electron chi connectivity index (χ2n) is 3.20. The molecule has 0 radical (unpaired) electrons. The molecule has 0 aliphatic heterocycles. The van der Waals surface area contributed by atoms with Gasteiger partial charge in [0.15, 0.2) is 0 Å². The van der Waals surface area contributed by atoms with Gasteiger partial charge in [0.1, 0.15) is 6.10 Å². The van der Waals surface area contributed by atoms with Crippen LogP contribution in [0, 0.1) is 10.1 Å². The molecule has 1 atom stereocenters. The van der Waals surface area contributed by atoms with Gasteiger partial charge in [-0.15, -0.1) is 0 Å². The van der Waals surface area contributed by atoms with Crippen molar-refractivity contribution < 1.29 is 18.8 Å². The van der Waals surface area contributed by atoms with Gasteiger partial charge >= 0.3 is 0 Å². The van der Waals surface area contributed by atoms with E-state index in [1.165, 1.54) is 12.1 Å². The summed E-state index contributed by atoms with van der Waals surface area (Å²) in [5, 5.41) is 21.8. The number of alkyl halides is 2. The van der Waals surface area contributed by atoms with Crippen LogP contribution in [0.3, 0.4) is 0 Å². The number of rotatable bonds is 5. The van der Waals surface area contributed by atoms with Crippen molar-refractivity contribution in [3.05, 3.63) is 33.3 Å². The first-order valence-electron chi connectivity index (χ1n) is 4.56. The molecule has 0 amide bonds. The van der Waals surface area contributed by atoms with E-state index in [2.05, 4.69) is 5.32 Å². The highest BCUT2D eigenvalue weighted by Gasteiger charge is 2.17. The Kier molecular flexibility index (Phi) is 4.59. The largest absolute Gasteiger partial charge is 0.385 e. The number of halogens is 3. The molecule has 1 aromatic rings. The number of anilines is 1. The molecular formula is C9H9ClF2N2O3. The number of aliphatic hydroxyl groups is 1. The number of nitrogens with zero attached hydrogens (tertiary/aromatic N) is 1. The second kappa shape index (κ2) is 5.74. The molecule has 0 aromatic heterocycles. The quantitative estimate of drug-likeness (QED) is 0.633. The highest BCUT2D eigenvalue weighted by Crippen LogP contribution is 2.26. The predicted octanol–water partition coefficient (Wildman–Crippen LogP) is 2.29. The minimum absolute atomic E-state index is 0.0284. The topological polar surface area (TPSA) is 75.4 Å². The summed E-state index contributed by atoms with van der Waals surface area (Å²) in [5.74, 6) is 0. The fraction of sp³-hybridized carbons (Fsp3) is 0.333. The summed E-state index contributed by atoms with van der Waals surface area (Å²) in [5.41, 5.74) is 0.0481. The molecule has 0 saturated heterocycles. The third-order valence-corrected chi connectivity index (χ3v) is 2.27. The lowest BCUT2D eigenvalue weighted by Crippen LogP contribution is -2.26. The van der Waals surface area contributed by atoms with Crippen LogP contribution in [0.4, 0.5) is 20.2 Å². The van der Waals surface area contributed by atoms with Crippen LogP contribution in [0.5, 0.6) is 0 Å². The number of nitro benzene ring substituents is 1. The minimum atomic E-state index is -2.86. The molecule has 94 valence electrons. The smallest absolute Gasteiger partial charge is 0.271 e. The van der Waals surface area contributed by atoms with Gasteiger partial charge in [-0.1, -0.05) is 11.6 Å². The van der Waals surface area contributed by atoms with Crippen molar-refractivity contribution in [1.82, 2.24) is 0 Å². The van der Waals surface area contributed by atoms with Crippen molar-refractivity contribution in [2.75, 3.05) is 11.9 Å². The molecule has 0 fully saturated rings. The Morgan fingerprint density at radius 2 is 2.18 bits per heavy atom. The van der Waals surface area contributed by atoms with E-state index in [0.717, 1.165) is 6.07 Å². The zero-order chi connectivity index (χ0) is 13.0. The maximum Gasteiger partial charge on any atom is 0.271 e. The van der Waals surface area contributed by atoms with E-state index in [4.69, 9.17) is 16.7 Å². The van der Waals surface area contributed by atoms with Crippen LogP contribution in [-0.4, -0.2) is 29.1 Å². The molecule has 17 heavy (non-hydrogen) atoms. The second-order valence-corrected chi connectivity index (χ2v) is 3.61. The van der Waals surface area contributed by atoms with Crippen LogP contribution >= 0.6 is 11.6 Å². The molecule has 0 aliphatic rings. The highest BCUT2D eigenvalue weighted by molar-refractivity contribution is 6.33. The summed E-state index contributed by atoms with van der Waals surface area (Å²) in [6.07, 6.45) is -4.68. The van der Waals surface area contributed by atoms with E-state index in [-0.39, 0.29) is 16.4 Å². The van der Waals surface area contributed by atoms with Crippen molar-refractivity contribution in [3.63, 3.8) is 0 Å². The van der Waals surface area contributed by atoms with Crippen LogP contribution in [0.2, 0.25) is 5.02 Å². The number of hydrogen-bond donors (Lipinski definition) is 2. The van der Waals surface area contributed by atoms with Crippen molar-refractivity contribution in [3.8, 4) is 0 Å². The average molecular weight is 267 g/mol. The number of benzene rings is 1.